The second-order valence-electron chi connectivity index (χ2n) is 9.34. The molecule has 0 spiro atoms. The number of allylic oxidation sites excluding steroid dienone is 1. The molecule has 1 heterocycles. The van der Waals surface area contributed by atoms with Crippen molar-refractivity contribution < 1.29 is 33.0 Å². The van der Waals surface area contributed by atoms with Crippen molar-refractivity contribution in [1.29, 1.82) is 0 Å². The van der Waals surface area contributed by atoms with E-state index in [2.05, 4.69) is 10.6 Å². The van der Waals surface area contributed by atoms with Crippen LogP contribution in [0.1, 0.15) is 41.7 Å². The summed E-state index contributed by atoms with van der Waals surface area (Å²) in [5.41, 5.74) is 7.70. The fraction of sp³-hybridized carbons (Fsp3) is 0.407. The molecule has 0 radical (unpaired) electrons. The predicted molar refractivity (Wildman–Crippen MR) is 131 cm³/mol. The van der Waals surface area contributed by atoms with Crippen molar-refractivity contribution in [1.82, 2.24) is 10.6 Å². The van der Waals surface area contributed by atoms with E-state index in [1.165, 1.54) is 0 Å². The first-order valence-electron chi connectivity index (χ1n) is 12.2. The molecule has 2 aromatic rings. The van der Waals surface area contributed by atoms with Crippen molar-refractivity contribution in [2.75, 3.05) is 20.3 Å². The predicted octanol–water partition coefficient (Wildman–Crippen LogP) is 2.22. The highest BCUT2D eigenvalue weighted by atomic mass is 19.1. The molecule has 0 aromatic heterocycles. The molecule has 10 heteroatoms. The summed E-state index contributed by atoms with van der Waals surface area (Å²) < 4.78 is 39.1. The number of methoxy groups -OCH3 is 1. The van der Waals surface area contributed by atoms with Crippen molar-refractivity contribution >= 4 is 11.8 Å². The van der Waals surface area contributed by atoms with Gasteiger partial charge in [0.05, 0.1) is 32.0 Å². The zero-order valence-electron chi connectivity index (χ0n) is 20.5. The first-order chi connectivity index (χ1) is 17.7. The Hall–Kier alpha value is -3.34. The summed E-state index contributed by atoms with van der Waals surface area (Å²) in [7, 11) is 1.59. The van der Waals surface area contributed by atoms with Crippen LogP contribution in [-0.4, -0.2) is 49.3 Å². The number of hydrogen-bond donors (Lipinski definition) is 4. The average molecular weight is 516 g/mol. The summed E-state index contributed by atoms with van der Waals surface area (Å²) in [5, 5.41) is 17.1. The summed E-state index contributed by atoms with van der Waals surface area (Å²) in [6.07, 6.45) is 2.61. The molecule has 2 aromatic carbocycles. The Kier molecular flexibility index (Phi) is 8.52. The number of primary amides is 1. The van der Waals surface area contributed by atoms with Crippen molar-refractivity contribution in [3.05, 3.63) is 76.9 Å². The van der Waals surface area contributed by atoms with Gasteiger partial charge in [0.2, 0.25) is 11.8 Å². The minimum absolute atomic E-state index is 0.0429. The van der Waals surface area contributed by atoms with E-state index >= 15 is 0 Å². The van der Waals surface area contributed by atoms with Gasteiger partial charge in [-0.25, -0.2) is 8.78 Å². The van der Waals surface area contributed by atoms with Gasteiger partial charge in [0, 0.05) is 18.7 Å². The number of ether oxygens (including phenoxy) is 2. The topological polar surface area (TPSA) is 123 Å². The van der Waals surface area contributed by atoms with Crippen LogP contribution >= 0.6 is 0 Å². The van der Waals surface area contributed by atoms with Gasteiger partial charge in [-0.2, -0.15) is 0 Å². The van der Waals surface area contributed by atoms with Crippen LogP contribution < -0.4 is 21.1 Å². The van der Waals surface area contributed by atoms with E-state index < -0.39 is 41.5 Å². The van der Waals surface area contributed by atoms with Crippen molar-refractivity contribution in [3.63, 3.8) is 0 Å². The van der Waals surface area contributed by atoms with Gasteiger partial charge in [-0.15, -0.1) is 0 Å². The number of aliphatic hydroxyl groups is 1. The summed E-state index contributed by atoms with van der Waals surface area (Å²) in [5.74, 6) is -3.53. The van der Waals surface area contributed by atoms with E-state index in [9.17, 15) is 23.5 Å². The van der Waals surface area contributed by atoms with E-state index in [0.717, 1.165) is 29.3 Å². The molecule has 1 aliphatic heterocycles. The third-order valence-corrected chi connectivity index (χ3v) is 6.80. The van der Waals surface area contributed by atoms with Crippen molar-refractivity contribution in [2.45, 2.75) is 43.6 Å². The first kappa shape index (κ1) is 26.7. The van der Waals surface area contributed by atoms with E-state index in [1.54, 1.807) is 19.3 Å². The van der Waals surface area contributed by atoms with Gasteiger partial charge in [0.25, 0.3) is 0 Å². The Morgan fingerprint density at radius 2 is 1.92 bits per heavy atom. The molecular formula is C27H31F2N3O5. The van der Waals surface area contributed by atoms with Crippen LogP contribution in [0.15, 0.2) is 48.6 Å². The number of amides is 2. The third kappa shape index (κ3) is 6.51. The molecule has 0 saturated heterocycles. The van der Waals surface area contributed by atoms with Crippen molar-refractivity contribution in [2.24, 2.45) is 11.7 Å². The number of benzene rings is 2. The number of hydrogen-bond acceptors (Lipinski definition) is 6. The smallest absolute Gasteiger partial charge is 0.233 e. The first-order valence-corrected chi connectivity index (χ1v) is 12.2. The molecule has 198 valence electrons. The molecule has 5 N–H and O–H groups in total. The van der Waals surface area contributed by atoms with Crippen LogP contribution in [0.25, 0.3) is 0 Å². The maximum Gasteiger partial charge on any atom is 0.233 e. The Morgan fingerprint density at radius 1 is 1.16 bits per heavy atom. The second-order valence-corrected chi connectivity index (χ2v) is 9.34. The van der Waals surface area contributed by atoms with Gasteiger partial charge in [-0.1, -0.05) is 18.2 Å². The SMILES string of the molecule is COc1ccc2c(c1)[C@@H]1C[C@H]2OC/C=C/C[C@@H](C(N)=O)C(=O)N[C@@H](Cc2cc(F)cc(F)c2)[C@H](O)CN1. The van der Waals surface area contributed by atoms with Crippen LogP contribution in [-0.2, 0) is 20.7 Å². The fourth-order valence-corrected chi connectivity index (χ4v) is 4.87. The zero-order valence-corrected chi connectivity index (χ0v) is 20.5. The Labute approximate surface area is 213 Å². The summed E-state index contributed by atoms with van der Waals surface area (Å²) in [6, 6.07) is 7.65. The highest BCUT2D eigenvalue weighted by Gasteiger charge is 2.34. The van der Waals surface area contributed by atoms with Gasteiger partial charge >= 0.3 is 0 Å². The number of carbonyl (C=O) groups is 2. The number of β-amino-alcohol motifs (C(OH)–C–C–N with tert-alkyl or cyclic N) is 1. The van der Waals surface area contributed by atoms with Crippen molar-refractivity contribution in [3.8, 4) is 5.75 Å². The largest absolute Gasteiger partial charge is 0.497 e. The minimum Gasteiger partial charge on any atom is -0.497 e. The number of halogens is 2. The standard InChI is InChI=1S/C27H31F2N3O5/c1-36-18-5-6-19-21(12-18)22-13-25(19)37-7-3-2-4-20(26(30)34)27(35)32-23(24(33)14-31-22)10-15-8-16(28)11-17(29)9-15/h2-3,5-6,8-9,11-12,20,22-25,31,33H,4,7,10,13-14H2,1H3,(H2,30,34)(H,32,35)/b3-2+/t20-,22-,23-,24+,25+/m0/s1. The number of nitrogens with two attached hydrogens (primary N) is 1. The number of carbonyl (C=O) groups excluding carboxylic acids is 2. The van der Waals surface area contributed by atoms with Crippen LogP contribution in [0.5, 0.6) is 5.75 Å². The molecule has 5 atom stereocenters. The zero-order chi connectivity index (χ0) is 26.5. The van der Waals surface area contributed by atoms with E-state index in [-0.39, 0.29) is 43.7 Å². The fourth-order valence-electron chi connectivity index (χ4n) is 4.87. The molecule has 8 nitrogen and oxygen atoms in total. The molecule has 37 heavy (non-hydrogen) atoms. The number of nitrogens with one attached hydrogen (secondary N) is 2. The Bertz CT molecular complexity index is 1150. The Balaban J connectivity index is 1.63. The van der Waals surface area contributed by atoms with Gasteiger partial charge in [0.1, 0.15) is 23.3 Å². The maximum absolute atomic E-state index is 13.8. The molecule has 0 unspecified atom stereocenters. The summed E-state index contributed by atoms with van der Waals surface area (Å²) in [4.78, 5) is 25.0. The van der Waals surface area contributed by atoms with Gasteiger partial charge in [-0.3, -0.25) is 9.59 Å². The van der Waals surface area contributed by atoms with Gasteiger partial charge in [0.15, 0.2) is 0 Å². The second kappa shape index (κ2) is 11.8. The van der Waals surface area contributed by atoms with Crippen LogP contribution in [0.4, 0.5) is 8.78 Å². The lowest BCUT2D eigenvalue weighted by molar-refractivity contribution is -0.134. The average Bonchev–Trinajstić information content (AvgIpc) is 3.19. The summed E-state index contributed by atoms with van der Waals surface area (Å²) in [6.45, 7) is 0.322. The molecule has 2 bridgehead atoms. The third-order valence-electron chi connectivity index (χ3n) is 6.80. The van der Waals surface area contributed by atoms with Crippen LogP contribution in [0.2, 0.25) is 0 Å². The molecule has 0 fully saturated rings. The lowest BCUT2D eigenvalue weighted by Crippen LogP contribution is -2.52. The Morgan fingerprint density at radius 3 is 2.62 bits per heavy atom. The highest BCUT2D eigenvalue weighted by Crippen LogP contribution is 2.42. The minimum atomic E-state index is -1.18. The number of rotatable bonds is 4. The molecule has 1 aliphatic carbocycles. The number of fused-ring (bicyclic) bond motifs is 5. The summed E-state index contributed by atoms with van der Waals surface area (Å²) >= 11 is 0. The highest BCUT2D eigenvalue weighted by molar-refractivity contribution is 5.99. The van der Waals surface area contributed by atoms with Crippen LogP contribution in [0, 0.1) is 17.6 Å². The van der Waals surface area contributed by atoms with E-state index in [4.69, 9.17) is 15.2 Å². The molecular weight excluding hydrogens is 484 g/mol. The molecule has 4 rings (SSSR count). The monoisotopic (exact) mass is 515 g/mol. The van der Waals surface area contributed by atoms with Gasteiger partial charge in [-0.05, 0) is 60.2 Å². The molecule has 2 aliphatic rings. The lowest BCUT2D eigenvalue weighted by atomic mass is 9.97. The van der Waals surface area contributed by atoms with E-state index in [0.29, 0.717) is 12.2 Å². The van der Waals surface area contributed by atoms with Gasteiger partial charge < -0.3 is 30.9 Å². The van der Waals surface area contributed by atoms with Crippen LogP contribution in [0.3, 0.4) is 0 Å². The van der Waals surface area contributed by atoms with E-state index in [1.807, 2.05) is 18.2 Å². The lowest BCUT2D eigenvalue weighted by Gasteiger charge is -2.27. The quantitative estimate of drug-likeness (QED) is 0.366. The molecule has 2 amide bonds. The molecule has 0 saturated carbocycles. The maximum atomic E-state index is 13.8. The number of aliphatic hydroxyl groups excluding tert-OH is 1. The normalized spacial score (nSPS) is 27.4.